The molecule has 0 spiro atoms. The van der Waals surface area contributed by atoms with Crippen LogP contribution in [0, 0.1) is 0 Å². The van der Waals surface area contributed by atoms with Crippen molar-refractivity contribution in [3.63, 3.8) is 0 Å². The highest BCUT2D eigenvalue weighted by Crippen LogP contribution is 2.36. The number of Topliss-reactive ketones (excluding diaryl/α,β-unsaturated/α-hetero) is 2. The number of allylic oxidation sites excluding steroid dienone is 1. The zero-order valence-electron chi connectivity index (χ0n) is 11.8. The third-order valence-corrected chi connectivity index (χ3v) is 3.94. The number of carbonyl (C=O) groups excluding carboxylic acids is 4. The first-order valence-corrected chi connectivity index (χ1v) is 6.87. The summed E-state index contributed by atoms with van der Waals surface area (Å²) in [7, 11) is 0. The molecule has 0 N–H and O–H groups in total. The molecule has 1 aromatic carbocycles. The SMILES string of the molecule is CC1=CC(=O)N(C2=C(C)C(=O)C(=O)c3cc(Cl)ccc32)C1=O. The molecule has 1 heterocycles. The molecular weight excluding hydrogens is 306 g/mol. The lowest BCUT2D eigenvalue weighted by Crippen LogP contribution is -2.35. The Hall–Kier alpha value is -2.53. The van der Waals surface area contributed by atoms with E-state index in [9.17, 15) is 19.2 Å². The second-order valence-corrected chi connectivity index (χ2v) is 5.56. The lowest BCUT2D eigenvalue weighted by Gasteiger charge is -2.26. The number of fused-ring (bicyclic) bond motifs is 1. The summed E-state index contributed by atoms with van der Waals surface area (Å²) in [5.41, 5.74) is 0.966. The molecule has 22 heavy (non-hydrogen) atoms. The summed E-state index contributed by atoms with van der Waals surface area (Å²) < 4.78 is 0. The van der Waals surface area contributed by atoms with Crippen LogP contribution >= 0.6 is 11.6 Å². The molecule has 5 nitrogen and oxygen atoms in total. The largest absolute Gasteiger partial charge is 0.285 e. The minimum Gasteiger partial charge on any atom is -0.285 e. The zero-order valence-corrected chi connectivity index (χ0v) is 12.5. The number of amides is 2. The fraction of sp³-hybridized carbons (Fsp3) is 0.125. The number of imide groups is 1. The number of rotatable bonds is 1. The van der Waals surface area contributed by atoms with Gasteiger partial charge in [-0.1, -0.05) is 17.7 Å². The number of carbonyl (C=O) groups is 4. The van der Waals surface area contributed by atoms with Gasteiger partial charge in [0, 0.05) is 33.4 Å². The van der Waals surface area contributed by atoms with E-state index in [-0.39, 0.29) is 22.4 Å². The van der Waals surface area contributed by atoms with Crippen LogP contribution in [0.5, 0.6) is 0 Å². The predicted octanol–water partition coefficient (Wildman–Crippen LogP) is 2.15. The lowest BCUT2D eigenvalue weighted by atomic mass is 9.87. The van der Waals surface area contributed by atoms with Gasteiger partial charge in [-0.25, -0.2) is 4.90 Å². The quantitative estimate of drug-likeness (QED) is 0.588. The van der Waals surface area contributed by atoms with Gasteiger partial charge in [0.1, 0.15) is 0 Å². The molecule has 0 radical (unpaired) electrons. The fourth-order valence-electron chi connectivity index (χ4n) is 2.60. The molecule has 0 saturated carbocycles. The Morgan fingerprint density at radius 1 is 0.955 bits per heavy atom. The van der Waals surface area contributed by atoms with Gasteiger partial charge in [-0.2, -0.15) is 0 Å². The molecule has 1 aliphatic carbocycles. The monoisotopic (exact) mass is 315 g/mol. The molecule has 2 amide bonds. The van der Waals surface area contributed by atoms with Crippen molar-refractivity contribution >= 4 is 40.7 Å². The topological polar surface area (TPSA) is 71.5 Å². The first kappa shape index (κ1) is 14.4. The van der Waals surface area contributed by atoms with Crippen molar-refractivity contribution in [2.75, 3.05) is 0 Å². The number of hydrogen-bond donors (Lipinski definition) is 0. The fourth-order valence-corrected chi connectivity index (χ4v) is 2.77. The van der Waals surface area contributed by atoms with E-state index in [1.54, 1.807) is 6.07 Å². The van der Waals surface area contributed by atoms with E-state index < -0.39 is 23.4 Å². The van der Waals surface area contributed by atoms with Gasteiger partial charge >= 0.3 is 0 Å². The molecule has 0 saturated heterocycles. The van der Waals surface area contributed by atoms with Crippen molar-refractivity contribution in [1.82, 2.24) is 4.90 Å². The number of ketones is 2. The van der Waals surface area contributed by atoms with Gasteiger partial charge in [-0.3, -0.25) is 19.2 Å². The molecule has 3 rings (SSSR count). The number of hydrogen-bond acceptors (Lipinski definition) is 4. The van der Waals surface area contributed by atoms with Gasteiger partial charge in [-0.15, -0.1) is 0 Å². The molecule has 1 aromatic rings. The third kappa shape index (κ3) is 1.86. The molecule has 6 heteroatoms. The predicted molar refractivity (Wildman–Crippen MR) is 79.0 cm³/mol. The average Bonchev–Trinajstić information content (AvgIpc) is 2.72. The highest BCUT2D eigenvalue weighted by atomic mass is 35.5. The van der Waals surface area contributed by atoms with Crippen LogP contribution in [0.25, 0.3) is 5.70 Å². The molecule has 0 unspecified atom stereocenters. The Bertz CT molecular complexity index is 848. The zero-order chi connectivity index (χ0) is 16.2. The van der Waals surface area contributed by atoms with E-state index >= 15 is 0 Å². The van der Waals surface area contributed by atoms with E-state index in [0.717, 1.165) is 4.90 Å². The van der Waals surface area contributed by atoms with Gasteiger partial charge in [0.05, 0.1) is 5.70 Å². The molecule has 0 bridgehead atoms. The number of nitrogens with zero attached hydrogens (tertiary/aromatic N) is 1. The summed E-state index contributed by atoms with van der Waals surface area (Å²) in [5.74, 6) is -2.46. The number of benzene rings is 1. The molecule has 110 valence electrons. The van der Waals surface area contributed by atoms with Crippen molar-refractivity contribution in [3.05, 3.63) is 51.6 Å². The van der Waals surface area contributed by atoms with Crippen LogP contribution < -0.4 is 0 Å². The Labute approximate surface area is 130 Å². The van der Waals surface area contributed by atoms with E-state index in [4.69, 9.17) is 11.6 Å². The van der Waals surface area contributed by atoms with E-state index in [1.807, 2.05) is 0 Å². The maximum Gasteiger partial charge on any atom is 0.261 e. The Kier molecular flexibility index (Phi) is 3.11. The van der Waals surface area contributed by atoms with Crippen molar-refractivity contribution in [2.45, 2.75) is 13.8 Å². The van der Waals surface area contributed by atoms with E-state index in [2.05, 4.69) is 0 Å². The Balaban J connectivity index is 2.27. The highest BCUT2D eigenvalue weighted by Gasteiger charge is 2.39. The van der Waals surface area contributed by atoms with Gasteiger partial charge in [0.25, 0.3) is 11.8 Å². The van der Waals surface area contributed by atoms with Crippen LogP contribution in [0.3, 0.4) is 0 Å². The van der Waals surface area contributed by atoms with Crippen LogP contribution in [0.1, 0.15) is 29.8 Å². The van der Waals surface area contributed by atoms with Crippen LogP contribution in [0.2, 0.25) is 5.02 Å². The molecule has 1 aliphatic heterocycles. The second kappa shape index (κ2) is 4.74. The summed E-state index contributed by atoms with van der Waals surface area (Å²) in [6.45, 7) is 2.95. The van der Waals surface area contributed by atoms with Crippen LogP contribution in [-0.2, 0) is 14.4 Å². The maximum absolute atomic E-state index is 12.2. The molecular formula is C16H10ClNO4. The second-order valence-electron chi connectivity index (χ2n) is 5.13. The molecule has 0 atom stereocenters. The van der Waals surface area contributed by atoms with Gasteiger partial charge < -0.3 is 0 Å². The van der Waals surface area contributed by atoms with Gasteiger partial charge in [-0.05, 0) is 26.0 Å². The van der Waals surface area contributed by atoms with Crippen molar-refractivity contribution in [3.8, 4) is 0 Å². The highest BCUT2D eigenvalue weighted by molar-refractivity contribution is 6.53. The first-order chi connectivity index (χ1) is 10.3. The summed E-state index contributed by atoms with van der Waals surface area (Å²) in [6.07, 6.45) is 1.21. The summed E-state index contributed by atoms with van der Waals surface area (Å²) in [4.78, 5) is 49.5. The minimum absolute atomic E-state index is 0.0737. The molecule has 2 aliphatic rings. The van der Waals surface area contributed by atoms with E-state index in [0.29, 0.717) is 10.6 Å². The number of halogens is 1. The normalized spacial score (nSPS) is 18.1. The van der Waals surface area contributed by atoms with Crippen LogP contribution in [0.4, 0.5) is 0 Å². The smallest absolute Gasteiger partial charge is 0.261 e. The maximum atomic E-state index is 12.2. The molecule has 0 fully saturated rings. The standard InChI is InChI=1S/C16H10ClNO4/c1-7-5-12(19)18(16(7)22)13-8(2)14(20)15(21)11-6-9(17)3-4-10(11)13/h3-6H,1-2H3. The van der Waals surface area contributed by atoms with Gasteiger partial charge in [0.15, 0.2) is 0 Å². The van der Waals surface area contributed by atoms with Crippen molar-refractivity contribution in [1.29, 1.82) is 0 Å². The Morgan fingerprint density at radius 2 is 1.64 bits per heavy atom. The van der Waals surface area contributed by atoms with Crippen molar-refractivity contribution in [2.24, 2.45) is 0 Å². The third-order valence-electron chi connectivity index (χ3n) is 3.71. The average molecular weight is 316 g/mol. The van der Waals surface area contributed by atoms with Crippen LogP contribution in [-0.4, -0.2) is 28.3 Å². The van der Waals surface area contributed by atoms with Crippen LogP contribution in [0.15, 0.2) is 35.4 Å². The summed E-state index contributed by atoms with van der Waals surface area (Å²) in [6, 6.07) is 4.45. The summed E-state index contributed by atoms with van der Waals surface area (Å²) in [5, 5.41) is 0.298. The van der Waals surface area contributed by atoms with Crippen molar-refractivity contribution < 1.29 is 19.2 Å². The summed E-state index contributed by atoms with van der Waals surface area (Å²) >= 11 is 5.88. The minimum atomic E-state index is -0.741. The first-order valence-electron chi connectivity index (χ1n) is 6.49. The molecule has 0 aromatic heterocycles. The van der Waals surface area contributed by atoms with E-state index in [1.165, 1.54) is 32.1 Å². The lowest BCUT2D eigenvalue weighted by molar-refractivity contribution is -0.133. The Morgan fingerprint density at radius 3 is 2.23 bits per heavy atom. The van der Waals surface area contributed by atoms with Gasteiger partial charge in [0.2, 0.25) is 11.6 Å².